The van der Waals surface area contributed by atoms with E-state index < -0.39 is 53.0 Å². The van der Waals surface area contributed by atoms with E-state index >= 15 is 0 Å². The van der Waals surface area contributed by atoms with Crippen molar-refractivity contribution in [3.05, 3.63) is 65.5 Å². The van der Waals surface area contributed by atoms with Crippen molar-refractivity contribution in [1.29, 1.82) is 0 Å². The van der Waals surface area contributed by atoms with E-state index in [4.69, 9.17) is 0 Å². The van der Waals surface area contributed by atoms with E-state index in [9.17, 15) is 31.9 Å². The van der Waals surface area contributed by atoms with Gasteiger partial charge in [-0.05, 0) is 61.9 Å². The predicted octanol–water partition coefficient (Wildman–Crippen LogP) is 3.68. The van der Waals surface area contributed by atoms with Gasteiger partial charge < -0.3 is 0 Å². The fourth-order valence-corrected chi connectivity index (χ4v) is 5.38. The number of carbonyl (C=O) groups is 3. The summed E-state index contributed by atoms with van der Waals surface area (Å²) < 4.78 is 52.8. The van der Waals surface area contributed by atoms with Crippen molar-refractivity contribution in [1.82, 2.24) is 4.90 Å². The van der Waals surface area contributed by atoms with E-state index in [1.54, 1.807) is 0 Å². The van der Waals surface area contributed by atoms with E-state index in [1.165, 1.54) is 18.2 Å². The molecule has 3 fully saturated rings. The van der Waals surface area contributed by atoms with Crippen molar-refractivity contribution in [2.45, 2.75) is 31.1 Å². The van der Waals surface area contributed by atoms with Crippen molar-refractivity contribution in [2.75, 3.05) is 11.4 Å². The van der Waals surface area contributed by atoms with Crippen LogP contribution in [0.1, 0.15) is 28.8 Å². The van der Waals surface area contributed by atoms with Crippen LogP contribution in [-0.4, -0.2) is 41.1 Å². The summed E-state index contributed by atoms with van der Waals surface area (Å²) in [7, 11) is 0. The average molecular weight is 446 g/mol. The minimum atomic E-state index is -4.62. The van der Waals surface area contributed by atoms with Crippen LogP contribution in [0.3, 0.4) is 0 Å². The van der Waals surface area contributed by atoms with E-state index in [2.05, 4.69) is 0 Å². The van der Waals surface area contributed by atoms with Gasteiger partial charge in [-0.15, -0.1) is 0 Å². The number of carbonyl (C=O) groups excluding carboxylic acids is 3. The zero-order valence-corrected chi connectivity index (χ0v) is 16.7. The zero-order valence-electron chi connectivity index (χ0n) is 16.7. The third-order valence-corrected chi connectivity index (χ3v) is 6.68. The smallest absolute Gasteiger partial charge is 0.292 e. The second-order valence-electron chi connectivity index (χ2n) is 8.37. The summed E-state index contributed by atoms with van der Waals surface area (Å²) in [6.45, 7) is 0.541. The van der Waals surface area contributed by atoms with Gasteiger partial charge in [-0.2, -0.15) is 13.2 Å². The highest BCUT2D eigenvalue weighted by Gasteiger charge is 2.64. The quantitative estimate of drug-likeness (QED) is 0.410. The Hall–Kier alpha value is -3.07. The maximum absolute atomic E-state index is 13.4. The van der Waals surface area contributed by atoms with Gasteiger partial charge in [0.2, 0.25) is 11.8 Å². The Balaban J connectivity index is 1.54. The van der Waals surface area contributed by atoms with Crippen LogP contribution >= 0.6 is 0 Å². The molecule has 0 saturated carbocycles. The normalized spacial score (nSPS) is 27.7. The molecule has 3 heterocycles. The lowest BCUT2D eigenvalue weighted by Gasteiger charge is -2.27. The Morgan fingerprint density at radius 1 is 0.969 bits per heavy atom. The summed E-state index contributed by atoms with van der Waals surface area (Å²) in [6, 6.07) is 7.81. The van der Waals surface area contributed by atoms with Gasteiger partial charge in [-0.3, -0.25) is 19.3 Å². The number of rotatable bonds is 3. The minimum absolute atomic E-state index is 0.151. The molecule has 0 bridgehead atoms. The van der Waals surface area contributed by atoms with E-state index in [0.29, 0.717) is 13.0 Å². The number of hydrogen-bond acceptors (Lipinski definition) is 4. The van der Waals surface area contributed by atoms with Gasteiger partial charge in [0.05, 0.1) is 29.1 Å². The SMILES string of the molecule is O=C(c1ccc(F)cc1)[C@@H]1[C@@H]2C(=O)N(c3cccc(C(F)(F)F)c3)C(=O)[C@@H]2[C@@H]2CCCN12. The maximum atomic E-state index is 13.4. The molecule has 0 aromatic heterocycles. The summed E-state index contributed by atoms with van der Waals surface area (Å²) in [6.07, 6.45) is -3.27. The Morgan fingerprint density at radius 2 is 1.66 bits per heavy atom. The van der Waals surface area contributed by atoms with Crippen molar-refractivity contribution >= 4 is 23.3 Å². The molecule has 32 heavy (non-hydrogen) atoms. The summed E-state index contributed by atoms with van der Waals surface area (Å²) in [5.74, 6) is -3.93. The molecule has 4 atom stereocenters. The molecule has 3 saturated heterocycles. The first-order valence-corrected chi connectivity index (χ1v) is 10.3. The molecule has 0 aliphatic carbocycles. The van der Waals surface area contributed by atoms with Crippen molar-refractivity contribution in [3.8, 4) is 0 Å². The van der Waals surface area contributed by atoms with Crippen LogP contribution in [0, 0.1) is 17.7 Å². The van der Waals surface area contributed by atoms with Gasteiger partial charge in [0.15, 0.2) is 5.78 Å². The summed E-state index contributed by atoms with van der Waals surface area (Å²) >= 11 is 0. The molecule has 9 heteroatoms. The molecule has 0 N–H and O–H groups in total. The van der Waals surface area contributed by atoms with Crippen LogP contribution < -0.4 is 4.90 Å². The Morgan fingerprint density at radius 3 is 2.34 bits per heavy atom. The van der Waals surface area contributed by atoms with E-state index in [-0.39, 0.29) is 17.3 Å². The predicted molar refractivity (Wildman–Crippen MR) is 105 cm³/mol. The first-order chi connectivity index (χ1) is 15.2. The number of alkyl halides is 3. The zero-order chi connectivity index (χ0) is 22.8. The summed E-state index contributed by atoms with van der Waals surface area (Å²) in [4.78, 5) is 42.7. The largest absolute Gasteiger partial charge is 0.416 e. The Labute approximate surface area is 180 Å². The van der Waals surface area contributed by atoms with Gasteiger partial charge in [0.25, 0.3) is 0 Å². The number of benzene rings is 2. The highest BCUT2D eigenvalue weighted by atomic mass is 19.4. The molecule has 2 aromatic carbocycles. The number of Topliss-reactive ketones (excluding diaryl/α,β-unsaturated/α-hetero) is 1. The fourth-order valence-electron chi connectivity index (χ4n) is 5.38. The van der Waals surface area contributed by atoms with Crippen LogP contribution in [0.25, 0.3) is 0 Å². The average Bonchev–Trinajstić information content (AvgIpc) is 3.39. The van der Waals surface area contributed by atoms with Crippen LogP contribution in [0.4, 0.5) is 23.2 Å². The first kappa shape index (κ1) is 20.8. The molecule has 0 unspecified atom stereocenters. The highest BCUT2D eigenvalue weighted by Crippen LogP contribution is 2.48. The number of ketones is 1. The topological polar surface area (TPSA) is 57.7 Å². The molecule has 2 amide bonds. The minimum Gasteiger partial charge on any atom is -0.292 e. The lowest BCUT2D eigenvalue weighted by molar-refractivity contribution is -0.137. The van der Waals surface area contributed by atoms with Gasteiger partial charge >= 0.3 is 6.18 Å². The van der Waals surface area contributed by atoms with Crippen molar-refractivity contribution in [2.24, 2.45) is 11.8 Å². The standard InChI is InChI=1S/C23H18F4N2O3/c24-14-8-6-12(7-9-14)20(30)19-18-17(16-5-2-10-28(16)19)21(31)29(22(18)32)15-4-1-3-13(11-15)23(25,26)27/h1,3-4,6-9,11,16-19H,2,5,10H2/t16-,17+,18+,19-/m0/s1. The number of nitrogens with zero attached hydrogens (tertiary/aromatic N) is 2. The molecule has 3 aliphatic rings. The Kier molecular flexibility index (Phi) is 4.70. The number of fused-ring (bicyclic) bond motifs is 3. The van der Waals surface area contributed by atoms with Gasteiger partial charge in [0, 0.05) is 11.6 Å². The van der Waals surface area contributed by atoms with Gasteiger partial charge in [-0.25, -0.2) is 9.29 Å². The molecular weight excluding hydrogens is 428 g/mol. The summed E-state index contributed by atoms with van der Waals surface area (Å²) in [5.41, 5.74) is -0.892. The van der Waals surface area contributed by atoms with E-state index in [0.717, 1.165) is 41.7 Å². The van der Waals surface area contributed by atoms with Crippen LogP contribution in [-0.2, 0) is 15.8 Å². The van der Waals surface area contributed by atoms with Crippen molar-refractivity contribution < 1.29 is 31.9 Å². The van der Waals surface area contributed by atoms with Crippen LogP contribution in [0.2, 0.25) is 0 Å². The number of anilines is 1. The lowest BCUT2D eigenvalue weighted by Crippen LogP contribution is -2.46. The molecule has 166 valence electrons. The second kappa shape index (κ2) is 7.23. The number of halogens is 4. The number of hydrogen-bond donors (Lipinski definition) is 0. The maximum Gasteiger partial charge on any atom is 0.416 e. The number of imide groups is 1. The number of amides is 2. The molecule has 0 radical (unpaired) electrons. The molecule has 0 spiro atoms. The van der Waals surface area contributed by atoms with Gasteiger partial charge in [-0.1, -0.05) is 6.07 Å². The lowest BCUT2D eigenvalue weighted by atomic mass is 9.85. The van der Waals surface area contributed by atoms with Crippen molar-refractivity contribution in [3.63, 3.8) is 0 Å². The molecular formula is C23H18F4N2O3. The molecule has 2 aromatic rings. The van der Waals surface area contributed by atoms with Gasteiger partial charge in [0.1, 0.15) is 5.82 Å². The van der Waals surface area contributed by atoms with E-state index in [1.807, 2.05) is 4.90 Å². The second-order valence-corrected chi connectivity index (χ2v) is 8.37. The fraction of sp³-hybridized carbons (Fsp3) is 0.348. The highest BCUT2D eigenvalue weighted by molar-refractivity contribution is 6.24. The summed E-state index contributed by atoms with van der Waals surface area (Å²) in [5, 5.41) is 0. The Bertz CT molecular complexity index is 1110. The molecule has 3 aliphatic heterocycles. The molecule has 5 rings (SSSR count). The molecule has 5 nitrogen and oxygen atoms in total. The first-order valence-electron chi connectivity index (χ1n) is 10.3. The van der Waals surface area contributed by atoms with Crippen LogP contribution in [0.5, 0.6) is 0 Å². The third kappa shape index (κ3) is 3.06. The third-order valence-electron chi connectivity index (χ3n) is 6.68. The monoisotopic (exact) mass is 446 g/mol. The van der Waals surface area contributed by atoms with Crippen LogP contribution in [0.15, 0.2) is 48.5 Å².